The Hall–Kier alpha value is -1.21. The molecule has 0 aliphatic rings. The minimum atomic E-state index is 0.728. The highest BCUT2D eigenvalue weighted by Gasteiger charge is 2.11. The maximum Gasteiger partial charge on any atom is 0.127 e. The zero-order valence-electron chi connectivity index (χ0n) is 10.5. The zero-order valence-corrected chi connectivity index (χ0v) is 14.2. The molecule has 0 atom stereocenters. The van der Waals surface area contributed by atoms with Crippen LogP contribution in [0.1, 0.15) is 5.56 Å². The van der Waals surface area contributed by atoms with Crippen LogP contribution >= 0.6 is 38.5 Å². The molecule has 100 valence electrons. The van der Waals surface area contributed by atoms with Crippen LogP contribution in [0.25, 0.3) is 11.3 Å². The van der Waals surface area contributed by atoms with Crippen molar-refractivity contribution in [1.29, 1.82) is 0 Å². The van der Waals surface area contributed by atoms with Crippen molar-refractivity contribution in [2.75, 3.05) is 0 Å². The van der Waals surface area contributed by atoms with E-state index < -0.39 is 0 Å². The van der Waals surface area contributed by atoms with Gasteiger partial charge in [0.1, 0.15) is 9.39 Å². The SMILES string of the molecule is Brc1ccc(Cn2nnc(-c3ccccc3)c2I)cc1. The van der Waals surface area contributed by atoms with Gasteiger partial charge in [0, 0.05) is 10.0 Å². The maximum atomic E-state index is 4.30. The molecule has 0 aliphatic heterocycles. The minimum Gasteiger partial charge on any atom is -0.234 e. The van der Waals surface area contributed by atoms with E-state index in [1.54, 1.807) is 0 Å². The molecule has 0 saturated carbocycles. The Morgan fingerprint density at radius 3 is 2.40 bits per heavy atom. The fraction of sp³-hybridized carbons (Fsp3) is 0.0667. The van der Waals surface area contributed by atoms with Gasteiger partial charge in [-0.3, -0.25) is 0 Å². The molecular weight excluding hydrogens is 429 g/mol. The third kappa shape index (κ3) is 2.93. The van der Waals surface area contributed by atoms with Gasteiger partial charge >= 0.3 is 0 Å². The van der Waals surface area contributed by atoms with Gasteiger partial charge in [0.15, 0.2) is 0 Å². The van der Waals surface area contributed by atoms with E-state index in [2.05, 4.69) is 73.1 Å². The smallest absolute Gasteiger partial charge is 0.127 e. The van der Waals surface area contributed by atoms with Crippen LogP contribution in [0.2, 0.25) is 0 Å². The molecule has 0 unspecified atom stereocenters. The first-order valence-electron chi connectivity index (χ1n) is 6.13. The van der Waals surface area contributed by atoms with Crippen molar-refractivity contribution in [2.24, 2.45) is 0 Å². The molecular formula is C15H11BrIN3. The largest absolute Gasteiger partial charge is 0.234 e. The highest BCUT2D eigenvalue weighted by Crippen LogP contribution is 2.23. The van der Waals surface area contributed by atoms with E-state index in [-0.39, 0.29) is 0 Å². The Labute approximate surface area is 139 Å². The lowest BCUT2D eigenvalue weighted by atomic mass is 10.2. The Morgan fingerprint density at radius 1 is 1.00 bits per heavy atom. The van der Waals surface area contributed by atoms with Crippen molar-refractivity contribution in [1.82, 2.24) is 15.0 Å². The van der Waals surface area contributed by atoms with E-state index in [0.29, 0.717) is 0 Å². The second kappa shape index (κ2) is 6.05. The lowest BCUT2D eigenvalue weighted by Crippen LogP contribution is -2.04. The monoisotopic (exact) mass is 439 g/mol. The summed E-state index contributed by atoms with van der Waals surface area (Å²) < 4.78 is 4.06. The normalized spacial score (nSPS) is 10.7. The molecule has 3 rings (SSSR count). The van der Waals surface area contributed by atoms with Crippen molar-refractivity contribution in [3.8, 4) is 11.3 Å². The molecule has 0 saturated heterocycles. The molecule has 3 aromatic rings. The van der Waals surface area contributed by atoms with Gasteiger partial charge in [0.05, 0.1) is 6.54 Å². The summed E-state index contributed by atoms with van der Waals surface area (Å²) in [6, 6.07) is 18.4. The maximum absolute atomic E-state index is 4.30. The summed E-state index contributed by atoms with van der Waals surface area (Å²) in [6.07, 6.45) is 0. The van der Waals surface area contributed by atoms with Crippen molar-refractivity contribution >= 4 is 38.5 Å². The van der Waals surface area contributed by atoms with Crippen LogP contribution in [-0.4, -0.2) is 15.0 Å². The first-order valence-corrected chi connectivity index (χ1v) is 8.00. The van der Waals surface area contributed by atoms with Crippen molar-refractivity contribution in [3.05, 3.63) is 68.3 Å². The molecule has 0 radical (unpaired) electrons. The standard InChI is InChI=1S/C15H11BrIN3/c16-13-8-6-11(7-9-13)10-20-15(17)14(18-19-20)12-4-2-1-3-5-12/h1-9H,10H2. The van der Waals surface area contributed by atoms with Gasteiger partial charge in [-0.25, -0.2) is 4.68 Å². The minimum absolute atomic E-state index is 0.728. The Balaban J connectivity index is 1.89. The summed E-state index contributed by atoms with van der Waals surface area (Å²) in [6.45, 7) is 0.728. The number of aromatic nitrogens is 3. The number of nitrogens with zero attached hydrogens (tertiary/aromatic N) is 3. The van der Waals surface area contributed by atoms with Crippen molar-refractivity contribution in [2.45, 2.75) is 6.54 Å². The van der Waals surface area contributed by atoms with Crippen LogP contribution in [0.4, 0.5) is 0 Å². The predicted molar refractivity (Wildman–Crippen MR) is 91.4 cm³/mol. The van der Waals surface area contributed by atoms with Gasteiger partial charge in [-0.1, -0.05) is 63.6 Å². The van der Waals surface area contributed by atoms with Crippen molar-refractivity contribution in [3.63, 3.8) is 0 Å². The molecule has 0 amide bonds. The molecule has 20 heavy (non-hydrogen) atoms. The summed E-state index contributed by atoms with van der Waals surface area (Å²) in [5.41, 5.74) is 3.23. The summed E-state index contributed by atoms with van der Waals surface area (Å²) in [7, 11) is 0. The van der Waals surface area contributed by atoms with E-state index in [1.165, 1.54) is 5.56 Å². The fourth-order valence-electron chi connectivity index (χ4n) is 1.94. The molecule has 5 heteroatoms. The number of rotatable bonds is 3. The second-order valence-corrected chi connectivity index (χ2v) is 6.32. The first kappa shape index (κ1) is 13.8. The van der Waals surface area contributed by atoms with Crippen LogP contribution in [0.15, 0.2) is 59.1 Å². The molecule has 0 spiro atoms. The van der Waals surface area contributed by atoms with Gasteiger partial charge in [-0.05, 0) is 40.3 Å². The Bertz CT molecular complexity index is 708. The highest BCUT2D eigenvalue weighted by molar-refractivity contribution is 14.1. The average Bonchev–Trinajstić information content (AvgIpc) is 2.84. The Morgan fingerprint density at radius 2 is 1.70 bits per heavy atom. The van der Waals surface area contributed by atoms with Crippen LogP contribution in [0.5, 0.6) is 0 Å². The highest BCUT2D eigenvalue weighted by atomic mass is 127. The molecule has 1 heterocycles. The van der Waals surface area contributed by atoms with Gasteiger partial charge in [0.2, 0.25) is 0 Å². The third-order valence-corrected chi connectivity index (χ3v) is 4.56. The lowest BCUT2D eigenvalue weighted by Gasteiger charge is -2.03. The van der Waals surface area contributed by atoms with E-state index in [4.69, 9.17) is 0 Å². The topological polar surface area (TPSA) is 30.7 Å². The zero-order chi connectivity index (χ0) is 13.9. The number of hydrogen-bond acceptors (Lipinski definition) is 2. The van der Waals surface area contributed by atoms with Gasteiger partial charge in [-0.15, -0.1) is 5.10 Å². The van der Waals surface area contributed by atoms with E-state index >= 15 is 0 Å². The molecule has 0 aliphatic carbocycles. The average molecular weight is 440 g/mol. The van der Waals surface area contributed by atoms with Gasteiger partial charge < -0.3 is 0 Å². The van der Waals surface area contributed by atoms with Gasteiger partial charge in [0.25, 0.3) is 0 Å². The van der Waals surface area contributed by atoms with Crippen LogP contribution in [0.3, 0.4) is 0 Å². The van der Waals surface area contributed by atoms with Crippen LogP contribution < -0.4 is 0 Å². The first-order chi connectivity index (χ1) is 9.74. The van der Waals surface area contributed by atoms with Gasteiger partial charge in [-0.2, -0.15) is 0 Å². The Kier molecular flexibility index (Phi) is 4.16. The number of hydrogen-bond donors (Lipinski definition) is 0. The van der Waals surface area contributed by atoms with Crippen molar-refractivity contribution < 1.29 is 0 Å². The van der Waals surface area contributed by atoms with E-state index in [0.717, 1.165) is 26.0 Å². The predicted octanol–water partition coefficient (Wildman–Crippen LogP) is 4.36. The number of halogens is 2. The number of benzene rings is 2. The molecule has 1 aromatic heterocycles. The quantitative estimate of drug-likeness (QED) is 0.567. The molecule has 3 nitrogen and oxygen atoms in total. The second-order valence-electron chi connectivity index (χ2n) is 4.38. The fourth-order valence-corrected chi connectivity index (χ4v) is 2.89. The summed E-state index contributed by atoms with van der Waals surface area (Å²) in [5, 5.41) is 8.55. The third-order valence-electron chi connectivity index (χ3n) is 2.97. The summed E-state index contributed by atoms with van der Waals surface area (Å²) in [4.78, 5) is 0. The lowest BCUT2D eigenvalue weighted by molar-refractivity contribution is 0.636. The van der Waals surface area contributed by atoms with Crippen LogP contribution in [-0.2, 0) is 6.54 Å². The molecule has 0 bridgehead atoms. The molecule has 2 aromatic carbocycles. The molecule has 0 N–H and O–H groups in total. The van der Waals surface area contributed by atoms with Crippen LogP contribution in [0, 0.1) is 3.70 Å². The molecule has 0 fully saturated rings. The van der Waals surface area contributed by atoms with E-state index in [1.807, 2.05) is 35.0 Å². The summed E-state index contributed by atoms with van der Waals surface area (Å²) in [5.74, 6) is 0. The van der Waals surface area contributed by atoms with E-state index in [9.17, 15) is 0 Å². The summed E-state index contributed by atoms with van der Waals surface area (Å²) >= 11 is 5.75.